The number of carbonyl (C=O) groups is 3. The van der Waals surface area contributed by atoms with Crippen LogP contribution in [0, 0.1) is 6.92 Å². The van der Waals surface area contributed by atoms with Crippen molar-refractivity contribution >= 4 is 35.1 Å². The first-order valence-corrected chi connectivity index (χ1v) is 8.94. The molecule has 0 aliphatic carbocycles. The lowest BCUT2D eigenvalue weighted by Crippen LogP contribution is -2.32. The minimum Gasteiger partial charge on any atom is -0.493 e. The summed E-state index contributed by atoms with van der Waals surface area (Å²) < 4.78 is 15.1. The van der Waals surface area contributed by atoms with Gasteiger partial charge in [-0.25, -0.2) is 0 Å². The lowest BCUT2D eigenvalue weighted by Gasteiger charge is -2.11. The summed E-state index contributed by atoms with van der Waals surface area (Å²) in [7, 11) is 2.93. The number of ether oxygens (including phenoxy) is 3. The van der Waals surface area contributed by atoms with Crippen molar-refractivity contribution < 1.29 is 28.6 Å². The predicted molar refractivity (Wildman–Crippen MR) is 108 cm³/mol. The maximum atomic E-state index is 12.2. The van der Waals surface area contributed by atoms with Gasteiger partial charge in [0.1, 0.15) is 6.54 Å². The third-order valence-corrected chi connectivity index (χ3v) is 4.35. The molecule has 29 heavy (non-hydrogen) atoms. The highest BCUT2D eigenvalue weighted by Crippen LogP contribution is 2.27. The number of benzene rings is 2. The first-order chi connectivity index (χ1) is 13.8. The average Bonchev–Trinajstić information content (AvgIpc) is 2.73. The van der Waals surface area contributed by atoms with E-state index in [1.165, 1.54) is 26.4 Å². The number of hydrogen-bond acceptors (Lipinski definition) is 6. The Hall–Kier alpha value is -3.26. The molecular weight excluding hydrogens is 400 g/mol. The van der Waals surface area contributed by atoms with E-state index in [1.54, 1.807) is 31.2 Å². The van der Waals surface area contributed by atoms with Gasteiger partial charge in [0.2, 0.25) is 0 Å². The van der Waals surface area contributed by atoms with Crippen molar-refractivity contribution in [2.45, 2.75) is 6.92 Å². The summed E-state index contributed by atoms with van der Waals surface area (Å²) >= 11 is 5.99. The van der Waals surface area contributed by atoms with E-state index in [4.69, 9.17) is 25.8 Å². The molecule has 2 N–H and O–H groups in total. The SMILES string of the molecule is COc1ccc(C(=O)NCC(=O)OCC(=O)Nc2cccc(Cl)c2C)cc1OC. The fourth-order valence-corrected chi connectivity index (χ4v) is 2.53. The Balaban J connectivity index is 1.81. The van der Waals surface area contributed by atoms with Gasteiger partial charge in [0, 0.05) is 16.3 Å². The summed E-state index contributed by atoms with van der Waals surface area (Å²) in [6.07, 6.45) is 0. The van der Waals surface area contributed by atoms with E-state index < -0.39 is 30.9 Å². The lowest BCUT2D eigenvalue weighted by atomic mass is 10.2. The fourth-order valence-electron chi connectivity index (χ4n) is 2.36. The number of nitrogens with one attached hydrogen (secondary N) is 2. The van der Waals surface area contributed by atoms with Gasteiger partial charge in [-0.05, 0) is 42.8 Å². The quantitative estimate of drug-likeness (QED) is 0.636. The van der Waals surface area contributed by atoms with Crippen molar-refractivity contribution in [2.75, 3.05) is 32.7 Å². The van der Waals surface area contributed by atoms with Crippen molar-refractivity contribution in [1.29, 1.82) is 0 Å². The van der Waals surface area contributed by atoms with Crippen molar-refractivity contribution in [3.05, 3.63) is 52.5 Å². The van der Waals surface area contributed by atoms with Crippen LogP contribution in [0.4, 0.5) is 5.69 Å². The Kier molecular flexibility index (Phi) is 7.85. The van der Waals surface area contributed by atoms with Gasteiger partial charge in [0.25, 0.3) is 11.8 Å². The molecule has 154 valence electrons. The van der Waals surface area contributed by atoms with Gasteiger partial charge in [-0.3, -0.25) is 14.4 Å². The highest BCUT2D eigenvalue weighted by atomic mass is 35.5. The van der Waals surface area contributed by atoms with Crippen LogP contribution >= 0.6 is 11.6 Å². The van der Waals surface area contributed by atoms with E-state index in [-0.39, 0.29) is 5.56 Å². The molecule has 9 heteroatoms. The first kappa shape index (κ1) is 22.0. The van der Waals surface area contributed by atoms with E-state index in [0.717, 1.165) is 0 Å². The molecule has 2 aromatic rings. The number of halogens is 1. The molecule has 0 aliphatic heterocycles. The maximum absolute atomic E-state index is 12.2. The van der Waals surface area contributed by atoms with Crippen molar-refractivity contribution in [2.24, 2.45) is 0 Å². The molecule has 0 bridgehead atoms. The summed E-state index contributed by atoms with van der Waals surface area (Å²) in [4.78, 5) is 35.9. The van der Waals surface area contributed by atoms with Crippen LogP contribution in [0.3, 0.4) is 0 Å². The van der Waals surface area contributed by atoms with Crippen LogP contribution in [0.25, 0.3) is 0 Å². The number of hydrogen-bond donors (Lipinski definition) is 2. The van der Waals surface area contributed by atoms with Crippen LogP contribution in [-0.4, -0.2) is 45.2 Å². The summed E-state index contributed by atoms with van der Waals surface area (Å²) in [5, 5.41) is 5.54. The van der Waals surface area contributed by atoms with E-state index in [9.17, 15) is 14.4 Å². The third kappa shape index (κ3) is 6.11. The van der Waals surface area contributed by atoms with Gasteiger partial charge < -0.3 is 24.8 Å². The molecule has 0 unspecified atom stereocenters. The standard InChI is InChI=1S/C20H21ClN2O6/c1-12-14(21)5-4-6-15(12)23-18(24)11-29-19(25)10-22-20(26)13-7-8-16(27-2)17(9-13)28-3/h4-9H,10-11H2,1-3H3,(H,22,26)(H,23,24). The van der Waals surface area contributed by atoms with Crippen LogP contribution < -0.4 is 20.1 Å². The monoisotopic (exact) mass is 420 g/mol. The zero-order chi connectivity index (χ0) is 21.4. The van der Waals surface area contributed by atoms with Gasteiger partial charge in [-0.1, -0.05) is 17.7 Å². The lowest BCUT2D eigenvalue weighted by molar-refractivity contribution is -0.146. The van der Waals surface area contributed by atoms with E-state index in [2.05, 4.69) is 10.6 Å². The molecule has 2 aromatic carbocycles. The Labute approximate surface area is 173 Å². The van der Waals surface area contributed by atoms with Crippen LogP contribution in [0.2, 0.25) is 5.02 Å². The highest BCUT2D eigenvalue weighted by molar-refractivity contribution is 6.31. The van der Waals surface area contributed by atoms with Gasteiger partial charge in [0.15, 0.2) is 18.1 Å². The minimum atomic E-state index is -0.753. The van der Waals surface area contributed by atoms with Crippen LogP contribution in [-0.2, 0) is 14.3 Å². The Morgan fingerprint density at radius 1 is 1.03 bits per heavy atom. The highest BCUT2D eigenvalue weighted by Gasteiger charge is 2.14. The van der Waals surface area contributed by atoms with E-state index >= 15 is 0 Å². The van der Waals surface area contributed by atoms with Crippen LogP contribution in [0.5, 0.6) is 11.5 Å². The van der Waals surface area contributed by atoms with Gasteiger partial charge in [0.05, 0.1) is 14.2 Å². The normalized spacial score (nSPS) is 10.1. The molecule has 0 fully saturated rings. The largest absolute Gasteiger partial charge is 0.493 e. The molecule has 2 amide bonds. The first-order valence-electron chi connectivity index (χ1n) is 8.56. The molecule has 8 nitrogen and oxygen atoms in total. The third-order valence-electron chi connectivity index (χ3n) is 3.95. The summed E-state index contributed by atoms with van der Waals surface area (Å²) in [6, 6.07) is 9.68. The van der Waals surface area contributed by atoms with Crippen molar-refractivity contribution in [3.8, 4) is 11.5 Å². The summed E-state index contributed by atoms with van der Waals surface area (Å²) in [6.45, 7) is 0.876. The molecule has 0 atom stereocenters. The summed E-state index contributed by atoms with van der Waals surface area (Å²) in [5.74, 6) is -0.909. The van der Waals surface area contributed by atoms with Crippen LogP contribution in [0.15, 0.2) is 36.4 Å². The molecule has 2 rings (SSSR count). The van der Waals surface area contributed by atoms with Gasteiger partial charge >= 0.3 is 5.97 Å². The zero-order valence-corrected chi connectivity index (χ0v) is 17.0. The maximum Gasteiger partial charge on any atom is 0.325 e. The molecule has 0 saturated carbocycles. The summed E-state index contributed by atoms with van der Waals surface area (Å²) in [5.41, 5.74) is 1.51. The van der Waals surface area contributed by atoms with E-state index in [1.807, 2.05) is 0 Å². The van der Waals surface area contributed by atoms with Gasteiger partial charge in [-0.2, -0.15) is 0 Å². The number of esters is 1. The second-order valence-electron chi connectivity index (χ2n) is 5.87. The smallest absolute Gasteiger partial charge is 0.325 e. The Morgan fingerprint density at radius 3 is 2.45 bits per heavy atom. The number of carbonyl (C=O) groups excluding carboxylic acids is 3. The zero-order valence-electron chi connectivity index (χ0n) is 16.2. The number of anilines is 1. The van der Waals surface area contributed by atoms with Crippen molar-refractivity contribution in [1.82, 2.24) is 5.32 Å². The van der Waals surface area contributed by atoms with Gasteiger partial charge in [-0.15, -0.1) is 0 Å². The second-order valence-corrected chi connectivity index (χ2v) is 6.28. The van der Waals surface area contributed by atoms with Crippen molar-refractivity contribution in [3.63, 3.8) is 0 Å². The topological polar surface area (TPSA) is 103 Å². The number of methoxy groups -OCH3 is 2. The molecule has 0 heterocycles. The number of amides is 2. The molecule has 0 aromatic heterocycles. The Bertz CT molecular complexity index is 916. The molecule has 0 saturated heterocycles. The Morgan fingerprint density at radius 2 is 1.76 bits per heavy atom. The average molecular weight is 421 g/mol. The fraction of sp³-hybridized carbons (Fsp3) is 0.250. The second kappa shape index (κ2) is 10.3. The number of rotatable bonds is 8. The predicted octanol–water partition coefficient (Wildman–Crippen LogP) is 2.58. The minimum absolute atomic E-state index is 0.282. The molecule has 0 radical (unpaired) electrons. The van der Waals surface area contributed by atoms with E-state index in [0.29, 0.717) is 27.8 Å². The molecular formula is C20H21ClN2O6. The van der Waals surface area contributed by atoms with Crippen LogP contribution in [0.1, 0.15) is 15.9 Å². The molecule has 0 spiro atoms. The molecule has 0 aliphatic rings.